The molecule has 0 bridgehead atoms. The Balaban J connectivity index is 1.23. The van der Waals surface area contributed by atoms with Gasteiger partial charge in [-0.15, -0.1) is 10.2 Å². The van der Waals surface area contributed by atoms with E-state index in [0.717, 1.165) is 51.6 Å². The van der Waals surface area contributed by atoms with Gasteiger partial charge in [-0.25, -0.2) is 4.98 Å². The second-order valence-corrected chi connectivity index (χ2v) is 9.62. The van der Waals surface area contributed by atoms with E-state index in [1.165, 1.54) is 43.7 Å². The quantitative estimate of drug-likeness (QED) is 0.355. The lowest BCUT2D eigenvalue weighted by Crippen LogP contribution is -2.31. The first-order chi connectivity index (χ1) is 16.7. The van der Waals surface area contributed by atoms with Crippen LogP contribution in [0.25, 0.3) is 21.6 Å². The van der Waals surface area contributed by atoms with Gasteiger partial charge in [0.2, 0.25) is 5.13 Å². The summed E-state index contributed by atoms with van der Waals surface area (Å²) in [6, 6.07) is 12.3. The van der Waals surface area contributed by atoms with Gasteiger partial charge in [-0.05, 0) is 68.2 Å². The Morgan fingerprint density at radius 1 is 1.03 bits per heavy atom. The number of hydrogen-bond acceptors (Lipinski definition) is 8. The third-order valence-corrected chi connectivity index (χ3v) is 7.02. The number of nitrogen functional groups attached to an aromatic ring is 1. The van der Waals surface area contributed by atoms with Gasteiger partial charge >= 0.3 is 0 Å². The Hall–Kier alpha value is -3.17. The molecular formula is C25H30N6O2S. The first-order valence-corrected chi connectivity index (χ1v) is 12.6. The smallest absolute Gasteiger partial charge is 0.203 e. The molecule has 0 unspecified atom stereocenters. The molecule has 1 saturated heterocycles. The number of fused-ring (bicyclic) bond motifs is 1. The van der Waals surface area contributed by atoms with Gasteiger partial charge in [0.25, 0.3) is 0 Å². The SMILES string of the molecule is COc1cc(Cn2cnc3cc(-c4nnc(N)s4)ccc32)ccc1OCCCN1CCCCC1. The number of aromatic nitrogens is 4. The summed E-state index contributed by atoms with van der Waals surface area (Å²) in [5.41, 5.74) is 9.78. The highest BCUT2D eigenvalue weighted by molar-refractivity contribution is 7.18. The van der Waals surface area contributed by atoms with Gasteiger partial charge in [-0.3, -0.25) is 0 Å². The molecule has 1 fully saturated rings. The lowest BCUT2D eigenvalue weighted by atomic mass is 10.1. The standard InChI is InChI=1S/C25H30N6O2S/c1-32-23-14-18(6-9-22(23)33-13-5-12-30-10-3-2-4-11-30)16-31-17-27-20-15-19(7-8-21(20)31)24-28-29-25(26)34-24/h6-9,14-15,17H,2-5,10-13,16H2,1H3,(H2,26,29). The van der Waals surface area contributed by atoms with E-state index in [-0.39, 0.29) is 0 Å². The van der Waals surface area contributed by atoms with Crippen molar-refractivity contribution in [2.24, 2.45) is 0 Å². The summed E-state index contributed by atoms with van der Waals surface area (Å²) < 4.78 is 13.8. The molecular weight excluding hydrogens is 448 g/mol. The van der Waals surface area contributed by atoms with Gasteiger partial charge in [0.1, 0.15) is 5.01 Å². The maximum Gasteiger partial charge on any atom is 0.203 e. The van der Waals surface area contributed by atoms with Crippen molar-refractivity contribution in [3.8, 4) is 22.1 Å². The molecule has 3 heterocycles. The molecule has 34 heavy (non-hydrogen) atoms. The number of anilines is 1. The van der Waals surface area contributed by atoms with E-state index in [2.05, 4.69) is 36.8 Å². The predicted octanol–water partition coefficient (Wildman–Crippen LogP) is 4.45. The molecule has 1 aliphatic rings. The van der Waals surface area contributed by atoms with Crippen molar-refractivity contribution in [2.75, 3.05) is 39.1 Å². The van der Waals surface area contributed by atoms with Crippen LogP contribution >= 0.6 is 11.3 Å². The zero-order valence-electron chi connectivity index (χ0n) is 19.4. The molecule has 2 N–H and O–H groups in total. The number of imidazole rings is 1. The van der Waals surface area contributed by atoms with E-state index in [1.807, 2.05) is 30.6 Å². The summed E-state index contributed by atoms with van der Waals surface area (Å²) in [6.07, 6.45) is 6.90. The van der Waals surface area contributed by atoms with Crippen LogP contribution in [0.2, 0.25) is 0 Å². The van der Waals surface area contributed by atoms with Crippen LogP contribution in [-0.2, 0) is 6.54 Å². The second kappa shape index (κ2) is 10.4. The number of nitrogens with two attached hydrogens (primary N) is 1. The Labute approximate surface area is 203 Å². The summed E-state index contributed by atoms with van der Waals surface area (Å²) in [5, 5.41) is 9.28. The highest BCUT2D eigenvalue weighted by Crippen LogP contribution is 2.30. The Morgan fingerprint density at radius 2 is 1.91 bits per heavy atom. The molecule has 9 heteroatoms. The van der Waals surface area contributed by atoms with Gasteiger partial charge in [0.15, 0.2) is 11.5 Å². The minimum absolute atomic E-state index is 0.462. The maximum absolute atomic E-state index is 6.05. The average molecular weight is 479 g/mol. The van der Waals surface area contributed by atoms with Crippen LogP contribution < -0.4 is 15.2 Å². The molecule has 0 amide bonds. The maximum atomic E-state index is 6.05. The number of piperidine rings is 1. The van der Waals surface area contributed by atoms with E-state index < -0.39 is 0 Å². The highest BCUT2D eigenvalue weighted by Gasteiger charge is 2.12. The third kappa shape index (κ3) is 5.15. The fourth-order valence-corrected chi connectivity index (χ4v) is 5.06. The van der Waals surface area contributed by atoms with Crippen LogP contribution in [0.15, 0.2) is 42.7 Å². The van der Waals surface area contributed by atoms with Crippen molar-refractivity contribution >= 4 is 27.5 Å². The van der Waals surface area contributed by atoms with E-state index in [1.54, 1.807) is 7.11 Å². The largest absolute Gasteiger partial charge is 0.493 e. The topological polar surface area (TPSA) is 91.3 Å². The van der Waals surface area contributed by atoms with Gasteiger partial charge in [0.05, 0.1) is 31.1 Å². The molecule has 178 valence electrons. The van der Waals surface area contributed by atoms with Crippen LogP contribution in [0.1, 0.15) is 31.2 Å². The molecule has 0 aliphatic carbocycles. The number of rotatable bonds is 9. The monoisotopic (exact) mass is 478 g/mol. The summed E-state index contributed by atoms with van der Waals surface area (Å²) in [6.45, 7) is 4.93. The summed E-state index contributed by atoms with van der Waals surface area (Å²) in [7, 11) is 1.69. The second-order valence-electron chi connectivity index (χ2n) is 8.61. The Kier molecular flexibility index (Phi) is 6.92. The van der Waals surface area contributed by atoms with Crippen molar-refractivity contribution in [2.45, 2.75) is 32.2 Å². The normalized spacial score (nSPS) is 14.5. The molecule has 8 nitrogen and oxygen atoms in total. The highest BCUT2D eigenvalue weighted by atomic mass is 32.1. The van der Waals surface area contributed by atoms with Crippen molar-refractivity contribution < 1.29 is 9.47 Å². The zero-order chi connectivity index (χ0) is 23.3. The number of ether oxygens (including phenoxy) is 2. The molecule has 0 radical (unpaired) electrons. The minimum Gasteiger partial charge on any atom is -0.493 e. The van der Waals surface area contributed by atoms with Crippen molar-refractivity contribution in [1.82, 2.24) is 24.6 Å². The number of benzene rings is 2. The molecule has 0 saturated carbocycles. The van der Waals surface area contributed by atoms with Gasteiger partial charge in [-0.1, -0.05) is 23.8 Å². The van der Waals surface area contributed by atoms with Crippen LogP contribution in [0.5, 0.6) is 11.5 Å². The Bertz CT molecular complexity index is 1250. The van der Waals surface area contributed by atoms with Crippen molar-refractivity contribution in [3.63, 3.8) is 0 Å². The lowest BCUT2D eigenvalue weighted by Gasteiger charge is -2.26. The number of nitrogens with zero attached hydrogens (tertiary/aromatic N) is 5. The third-order valence-electron chi connectivity index (χ3n) is 6.21. The first-order valence-electron chi connectivity index (χ1n) is 11.8. The Morgan fingerprint density at radius 3 is 2.71 bits per heavy atom. The van der Waals surface area contributed by atoms with Gasteiger partial charge in [0, 0.05) is 18.7 Å². The van der Waals surface area contributed by atoms with Crippen LogP contribution in [0, 0.1) is 0 Å². The average Bonchev–Trinajstić information content (AvgIpc) is 3.49. The van der Waals surface area contributed by atoms with Crippen LogP contribution in [0.4, 0.5) is 5.13 Å². The number of hydrogen-bond donors (Lipinski definition) is 1. The van der Waals surface area contributed by atoms with Gasteiger partial charge < -0.3 is 24.7 Å². The molecule has 5 rings (SSSR count). The van der Waals surface area contributed by atoms with Gasteiger partial charge in [-0.2, -0.15) is 0 Å². The summed E-state index contributed by atoms with van der Waals surface area (Å²) in [5.74, 6) is 1.55. The molecule has 4 aromatic rings. The van der Waals surface area contributed by atoms with E-state index in [4.69, 9.17) is 15.2 Å². The minimum atomic E-state index is 0.462. The first kappa shape index (κ1) is 22.6. The molecule has 2 aromatic heterocycles. The number of likely N-dealkylation sites (tertiary alicyclic amines) is 1. The zero-order valence-corrected chi connectivity index (χ0v) is 20.3. The molecule has 0 atom stereocenters. The van der Waals surface area contributed by atoms with E-state index in [0.29, 0.717) is 18.3 Å². The fourth-order valence-electron chi connectivity index (χ4n) is 4.45. The molecule has 0 spiro atoms. The van der Waals surface area contributed by atoms with Crippen molar-refractivity contribution in [1.29, 1.82) is 0 Å². The molecule has 1 aliphatic heterocycles. The van der Waals surface area contributed by atoms with E-state index >= 15 is 0 Å². The summed E-state index contributed by atoms with van der Waals surface area (Å²) >= 11 is 1.37. The predicted molar refractivity (Wildman–Crippen MR) is 136 cm³/mol. The lowest BCUT2D eigenvalue weighted by molar-refractivity contribution is 0.203. The van der Waals surface area contributed by atoms with Crippen LogP contribution in [-0.4, -0.2) is 58.0 Å². The molecule has 2 aromatic carbocycles. The van der Waals surface area contributed by atoms with Crippen molar-refractivity contribution in [3.05, 3.63) is 48.3 Å². The van der Waals surface area contributed by atoms with Crippen LogP contribution in [0.3, 0.4) is 0 Å². The summed E-state index contributed by atoms with van der Waals surface area (Å²) in [4.78, 5) is 7.12. The number of methoxy groups -OCH3 is 1. The fraction of sp³-hybridized carbons (Fsp3) is 0.400. The van der Waals surface area contributed by atoms with E-state index in [9.17, 15) is 0 Å².